The Morgan fingerprint density at radius 3 is 1.42 bits per heavy atom. The normalized spacial score (nSPS) is 10.5. The largest absolute Gasteiger partial charge is 1.00 e. The van der Waals surface area contributed by atoms with E-state index in [2.05, 4.69) is 30.3 Å². The first-order chi connectivity index (χ1) is 12.3. The van der Waals surface area contributed by atoms with Crippen molar-refractivity contribution in [2.24, 2.45) is 0 Å². The molecule has 142 valence electrons. The summed E-state index contributed by atoms with van der Waals surface area (Å²) in [6.45, 7) is 0. The van der Waals surface area contributed by atoms with Crippen molar-refractivity contribution in [3.8, 4) is 0 Å². The standard InChI is InChI=1S/C23H38O2.K/c24-23(25)21-17-12-10-8-6-4-2-1-3-5-7-9-11-14-18-22-19-15-13-16-20-22;/h13,15-16,19-20H,1-12,14,17-18,21H2,(H,24,25);/q;+1/p-1. The van der Waals surface area contributed by atoms with E-state index in [1.54, 1.807) is 0 Å². The van der Waals surface area contributed by atoms with Gasteiger partial charge in [-0.2, -0.15) is 0 Å². The number of carbonyl (C=O) groups is 1. The Morgan fingerprint density at radius 2 is 1.00 bits per heavy atom. The molecule has 0 aromatic heterocycles. The minimum absolute atomic E-state index is 0. The van der Waals surface area contributed by atoms with Crippen molar-refractivity contribution in [1.29, 1.82) is 0 Å². The third-order valence-electron chi connectivity index (χ3n) is 4.94. The Kier molecular flexibility index (Phi) is 20.3. The molecular weight excluding hydrogens is 347 g/mol. The maximum absolute atomic E-state index is 10.3. The van der Waals surface area contributed by atoms with Crippen molar-refractivity contribution in [2.45, 2.75) is 103 Å². The van der Waals surface area contributed by atoms with Crippen molar-refractivity contribution in [3.63, 3.8) is 0 Å². The van der Waals surface area contributed by atoms with Crippen molar-refractivity contribution in [3.05, 3.63) is 35.9 Å². The predicted octanol–water partition coefficient (Wildman–Crippen LogP) is 2.83. The van der Waals surface area contributed by atoms with Gasteiger partial charge in [0, 0.05) is 5.97 Å². The van der Waals surface area contributed by atoms with E-state index >= 15 is 0 Å². The molecule has 0 aliphatic carbocycles. The summed E-state index contributed by atoms with van der Waals surface area (Å²) in [5, 5.41) is 10.3. The monoisotopic (exact) mass is 384 g/mol. The zero-order valence-corrected chi connectivity index (χ0v) is 20.1. The van der Waals surface area contributed by atoms with Gasteiger partial charge >= 0.3 is 51.4 Å². The van der Waals surface area contributed by atoms with Gasteiger partial charge in [-0.3, -0.25) is 0 Å². The van der Waals surface area contributed by atoms with Gasteiger partial charge in [0.05, 0.1) is 0 Å². The van der Waals surface area contributed by atoms with Gasteiger partial charge in [0.1, 0.15) is 0 Å². The minimum Gasteiger partial charge on any atom is -0.550 e. The van der Waals surface area contributed by atoms with Crippen molar-refractivity contribution < 1.29 is 61.3 Å². The van der Waals surface area contributed by atoms with Crippen LogP contribution in [0.15, 0.2) is 30.3 Å². The minimum atomic E-state index is -0.906. The first-order valence-corrected chi connectivity index (χ1v) is 10.5. The van der Waals surface area contributed by atoms with E-state index in [1.807, 2.05) is 0 Å². The molecule has 0 amide bonds. The van der Waals surface area contributed by atoms with E-state index < -0.39 is 5.97 Å². The van der Waals surface area contributed by atoms with Gasteiger partial charge in [-0.05, 0) is 31.2 Å². The van der Waals surface area contributed by atoms with Crippen LogP contribution in [0.4, 0.5) is 0 Å². The zero-order chi connectivity index (χ0) is 18.0. The number of carbonyl (C=O) groups excluding carboxylic acids is 1. The van der Waals surface area contributed by atoms with Gasteiger partial charge in [0.2, 0.25) is 0 Å². The molecule has 0 saturated heterocycles. The number of hydrogen-bond donors (Lipinski definition) is 0. The number of carboxylic acid groups (broad SMARTS) is 1. The van der Waals surface area contributed by atoms with E-state index in [0.29, 0.717) is 0 Å². The molecule has 0 unspecified atom stereocenters. The molecule has 26 heavy (non-hydrogen) atoms. The molecule has 1 rings (SSSR count). The molecule has 0 spiro atoms. The second-order valence-corrected chi connectivity index (χ2v) is 7.31. The Bertz CT molecular complexity index is 419. The summed E-state index contributed by atoms with van der Waals surface area (Å²) in [4.78, 5) is 10.3. The van der Waals surface area contributed by atoms with Gasteiger partial charge in [-0.25, -0.2) is 0 Å². The summed E-state index contributed by atoms with van der Waals surface area (Å²) in [6.07, 6.45) is 19.4. The first-order valence-electron chi connectivity index (χ1n) is 10.5. The smallest absolute Gasteiger partial charge is 0.550 e. The SMILES string of the molecule is O=C([O-])CCCCCCCCCCCCCCCCc1ccccc1.[K+]. The quantitative estimate of drug-likeness (QED) is 0.306. The fourth-order valence-electron chi connectivity index (χ4n) is 3.36. The van der Waals surface area contributed by atoms with Crippen molar-refractivity contribution in [2.75, 3.05) is 0 Å². The van der Waals surface area contributed by atoms with Gasteiger partial charge in [0.25, 0.3) is 0 Å². The Hall–Kier alpha value is 0.326. The van der Waals surface area contributed by atoms with E-state index in [1.165, 1.54) is 89.0 Å². The molecule has 3 heteroatoms. The van der Waals surface area contributed by atoms with Crippen LogP contribution in [0.3, 0.4) is 0 Å². The molecule has 0 radical (unpaired) electrons. The van der Waals surface area contributed by atoms with Crippen molar-refractivity contribution >= 4 is 5.97 Å². The third kappa shape index (κ3) is 17.7. The average Bonchev–Trinajstić information content (AvgIpc) is 2.62. The van der Waals surface area contributed by atoms with Crippen LogP contribution in [0.2, 0.25) is 0 Å². The topological polar surface area (TPSA) is 40.1 Å². The molecule has 0 fully saturated rings. The fraction of sp³-hybridized carbons (Fsp3) is 0.696. The Morgan fingerprint density at radius 1 is 0.615 bits per heavy atom. The molecule has 1 aromatic carbocycles. The molecule has 1 aromatic rings. The second kappa shape index (κ2) is 20.1. The van der Waals surface area contributed by atoms with Gasteiger partial charge < -0.3 is 9.90 Å². The predicted molar refractivity (Wildman–Crippen MR) is 104 cm³/mol. The van der Waals surface area contributed by atoms with Crippen LogP contribution in [-0.2, 0) is 11.2 Å². The van der Waals surface area contributed by atoms with Gasteiger partial charge in [-0.1, -0.05) is 107 Å². The number of hydrogen-bond acceptors (Lipinski definition) is 2. The maximum Gasteiger partial charge on any atom is 1.00 e. The molecule has 0 N–H and O–H groups in total. The number of carboxylic acids is 1. The van der Waals surface area contributed by atoms with Crippen LogP contribution < -0.4 is 56.5 Å². The molecule has 0 heterocycles. The summed E-state index contributed by atoms with van der Waals surface area (Å²) >= 11 is 0. The van der Waals surface area contributed by atoms with Crippen LogP contribution in [0.5, 0.6) is 0 Å². The Labute approximate surface area is 204 Å². The average molecular weight is 385 g/mol. The molecule has 0 aliphatic heterocycles. The van der Waals surface area contributed by atoms with Gasteiger partial charge in [0.15, 0.2) is 0 Å². The van der Waals surface area contributed by atoms with Crippen LogP contribution in [0.25, 0.3) is 0 Å². The van der Waals surface area contributed by atoms with Crippen LogP contribution in [0, 0.1) is 0 Å². The zero-order valence-electron chi connectivity index (χ0n) is 17.0. The van der Waals surface area contributed by atoms with E-state index in [-0.39, 0.29) is 57.8 Å². The number of aliphatic carboxylic acids is 1. The van der Waals surface area contributed by atoms with Crippen LogP contribution in [-0.4, -0.2) is 5.97 Å². The van der Waals surface area contributed by atoms with E-state index in [4.69, 9.17) is 0 Å². The van der Waals surface area contributed by atoms with E-state index in [0.717, 1.165) is 12.8 Å². The molecular formula is C23H37KO2. The molecule has 0 saturated carbocycles. The number of benzene rings is 1. The first kappa shape index (κ1) is 26.3. The molecule has 0 atom stereocenters. The number of unbranched alkanes of at least 4 members (excludes halogenated alkanes) is 13. The summed E-state index contributed by atoms with van der Waals surface area (Å²) in [5.41, 5.74) is 1.47. The molecule has 2 nitrogen and oxygen atoms in total. The van der Waals surface area contributed by atoms with Gasteiger partial charge in [-0.15, -0.1) is 0 Å². The second-order valence-electron chi connectivity index (χ2n) is 7.31. The molecule has 0 bridgehead atoms. The Balaban J connectivity index is 0.00000625. The summed E-state index contributed by atoms with van der Waals surface area (Å²) < 4.78 is 0. The van der Waals surface area contributed by atoms with E-state index in [9.17, 15) is 9.90 Å². The van der Waals surface area contributed by atoms with Crippen LogP contribution in [0.1, 0.15) is 102 Å². The molecule has 0 aliphatic rings. The fourth-order valence-corrected chi connectivity index (χ4v) is 3.36. The van der Waals surface area contributed by atoms with Crippen LogP contribution >= 0.6 is 0 Å². The number of rotatable bonds is 17. The summed E-state index contributed by atoms with van der Waals surface area (Å²) in [7, 11) is 0. The van der Waals surface area contributed by atoms with Crippen molar-refractivity contribution in [1.82, 2.24) is 0 Å². The maximum atomic E-state index is 10.3. The summed E-state index contributed by atoms with van der Waals surface area (Å²) in [5.74, 6) is -0.906. The third-order valence-corrected chi connectivity index (χ3v) is 4.94. The number of aryl methyl sites for hydroxylation is 1. The summed E-state index contributed by atoms with van der Waals surface area (Å²) in [6, 6.07) is 10.8.